The van der Waals surface area contributed by atoms with Crippen molar-refractivity contribution >= 4 is 6.09 Å². The van der Waals surface area contributed by atoms with Crippen molar-refractivity contribution in [1.82, 2.24) is 9.80 Å². The number of hydrogen-bond acceptors (Lipinski definition) is 3. The molecule has 3 saturated heterocycles. The van der Waals surface area contributed by atoms with Gasteiger partial charge in [-0.25, -0.2) is 4.79 Å². The van der Waals surface area contributed by atoms with Gasteiger partial charge >= 0.3 is 6.09 Å². The van der Waals surface area contributed by atoms with Gasteiger partial charge in [0.25, 0.3) is 0 Å². The topological polar surface area (TPSA) is 32.8 Å². The van der Waals surface area contributed by atoms with Crippen molar-refractivity contribution in [3.63, 3.8) is 0 Å². The molecule has 126 valence electrons. The summed E-state index contributed by atoms with van der Waals surface area (Å²) in [6.07, 6.45) is 2.05. The summed E-state index contributed by atoms with van der Waals surface area (Å²) in [5.41, 5.74) is 0.784. The SMILES string of the molecule is CC(C)(C)OC(=O)N1C[C@@H]2CCC1(C)CN2Cc1ccccc1. The van der Waals surface area contributed by atoms with Crippen LogP contribution in [0.25, 0.3) is 0 Å². The highest BCUT2D eigenvalue weighted by atomic mass is 16.6. The van der Waals surface area contributed by atoms with Gasteiger partial charge in [-0.1, -0.05) is 30.3 Å². The van der Waals surface area contributed by atoms with Crippen LogP contribution in [0.15, 0.2) is 30.3 Å². The normalized spacial score (nSPS) is 28.0. The summed E-state index contributed by atoms with van der Waals surface area (Å²) in [6, 6.07) is 11.0. The first-order valence-electron chi connectivity index (χ1n) is 8.55. The van der Waals surface area contributed by atoms with Gasteiger partial charge in [-0.3, -0.25) is 9.80 Å². The molecule has 1 unspecified atom stereocenters. The molecule has 4 heteroatoms. The summed E-state index contributed by atoms with van der Waals surface area (Å²) in [4.78, 5) is 17.1. The van der Waals surface area contributed by atoms with Gasteiger partial charge in [0, 0.05) is 25.7 Å². The Balaban J connectivity index is 1.71. The molecule has 4 nitrogen and oxygen atoms in total. The zero-order valence-corrected chi connectivity index (χ0v) is 14.7. The monoisotopic (exact) mass is 316 g/mol. The molecule has 3 aliphatic rings. The second-order valence-electron chi connectivity index (χ2n) is 8.17. The summed E-state index contributed by atoms with van der Waals surface area (Å²) >= 11 is 0. The van der Waals surface area contributed by atoms with E-state index >= 15 is 0 Å². The Morgan fingerprint density at radius 2 is 2.00 bits per heavy atom. The Labute approximate surface area is 139 Å². The van der Waals surface area contributed by atoms with E-state index in [0.29, 0.717) is 6.04 Å². The number of carbonyl (C=O) groups is 1. The van der Waals surface area contributed by atoms with Gasteiger partial charge in [0.2, 0.25) is 0 Å². The summed E-state index contributed by atoms with van der Waals surface area (Å²) in [5.74, 6) is 0. The number of hydrogen-bond donors (Lipinski definition) is 0. The number of piperidine rings is 2. The largest absolute Gasteiger partial charge is 0.444 e. The minimum atomic E-state index is -0.437. The van der Waals surface area contributed by atoms with Crippen LogP contribution in [0.4, 0.5) is 4.79 Å². The average Bonchev–Trinajstić information content (AvgIpc) is 2.46. The van der Waals surface area contributed by atoms with E-state index in [1.807, 2.05) is 25.7 Å². The van der Waals surface area contributed by atoms with Crippen LogP contribution in [0, 0.1) is 0 Å². The second-order valence-corrected chi connectivity index (χ2v) is 8.17. The number of rotatable bonds is 2. The van der Waals surface area contributed by atoms with E-state index in [2.05, 4.69) is 42.2 Å². The third-order valence-electron chi connectivity index (χ3n) is 4.96. The highest BCUT2D eigenvalue weighted by molar-refractivity contribution is 5.69. The van der Waals surface area contributed by atoms with Crippen molar-refractivity contribution in [1.29, 1.82) is 0 Å². The molecule has 1 aromatic rings. The zero-order chi connectivity index (χ0) is 16.7. The van der Waals surface area contributed by atoms with Crippen LogP contribution in [-0.4, -0.2) is 46.2 Å². The molecule has 3 fully saturated rings. The highest BCUT2D eigenvalue weighted by Crippen LogP contribution is 2.38. The third-order valence-corrected chi connectivity index (χ3v) is 4.96. The molecule has 2 bridgehead atoms. The number of fused-ring (bicyclic) bond motifs is 3. The summed E-state index contributed by atoms with van der Waals surface area (Å²) in [7, 11) is 0. The van der Waals surface area contributed by atoms with Crippen LogP contribution in [-0.2, 0) is 11.3 Å². The molecule has 0 aliphatic carbocycles. The molecule has 3 heterocycles. The highest BCUT2D eigenvalue weighted by Gasteiger charge is 2.49. The van der Waals surface area contributed by atoms with Gasteiger partial charge in [0.05, 0.1) is 5.54 Å². The quantitative estimate of drug-likeness (QED) is 0.835. The average molecular weight is 316 g/mol. The van der Waals surface area contributed by atoms with E-state index in [-0.39, 0.29) is 11.6 Å². The van der Waals surface area contributed by atoms with Crippen LogP contribution >= 0.6 is 0 Å². The van der Waals surface area contributed by atoms with Crippen molar-refractivity contribution in [2.45, 2.75) is 64.3 Å². The molecule has 3 aliphatic heterocycles. The molecule has 0 spiro atoms. The van der Waals surface area contributed by atoms with Gasteiger partial charge in [-0.15, -0.1) is 0 Å². The van der Waals surface area contributed by atoms with Crippen LogP contribution in [0.3, 0.4) is 0 Å². The van der Waals surface area contributed by atoms with Gasteiger partial charge in [0.1, 0.15) is 5.60 Å². The second kappa shape index (κ2) is 5.82. The molecule has 0 saturated carbocycles. The maximum atomic E-state index is 12.6. The van der Waals surface area contributed by atoms with E-state index in [1.165, 1.54) is 5.56 Å². The Morgan fingerprint density at radius 3 is 2.61 bits per heavy atom. The summed E-state index contributed by atoms with van der Waals surface area (Å²) < 4.78 is 5.62. The van der Waals surface area contributed by atoms with Crippen molar-refractivity contribution in [2.75, 3.05) is 13.1 Å². The van der Waals surface area contributed by atoms with E-state index in [1.54, 1.807) is 0 Å². The fourth-order valence-corrected chi connectivity index (χ4v) is 3.78. The number of ether oxygens (including phenoxy) is 1. The van der Waals surface area contributed by atoms with Crippen molar-refractivity contribution in [3.05, 3.63) is 35.9 Å². The lowest BCUT2D eigenvalue weighted by molar-refractivity contribution is -0.0833. The van der Waals surface area contributed by atoms with Crippen LogP contribution in [0.2, 0.25) is 0 Å². The molecular formula is C19H28N2O2. The fourth-order valence-electron chi connectivity index (χ4n) is 3.78. The van der Waals surface area contributed by atoms with Crippen LogP contribution in [0.5, 0.6) is 0 Å². The van der Waals surface area contributed by atoms with E-state index in [0.717, 1.165) is 32.5 Å². The van der Waals surface area contributed by atoms with Crippen molar-refractivity contribution < 1.29 is 9.53 Å². The number of benzene rings is 1. The molecule has 0 aromatic heterocycles. The van der Waals surface area contributed by atoms with Crippen LogP contribution in [0.1, 0.15) is 46.1 Å². The van der Waals surface area contributed by atoms with E-state index < -0.39 is 5.60 Å². The van der Waals surface area contributed by atoms with E-state index in [4.69, 9.17) is 4.74 Å². The zero-order valence-electron chi connectivity index (χ0n) is 14.7. The molecule has 0 radical (unpaired) electrons. The van der Waals surface area contributed by atoms with Crippen LogP contribution < -0.4 is 0 Å². The maximum Gasteiger partial charge on any atom is 0.410 e. The molecule has 2 atom stereocenters. The summed E-state index contributed by atoms with van der Waals surface area (Å²) in [5, 5.41) is 0. The van der Waals surface area contributed by atoms with Gasteiger partial charge < -0.3 is 4.74 Å². The Kier molecular flexibility index (Phi) is 4.13. The summed E-state index contributed by atoms with van der Waals surface area (Å²) in [6.45, 7) is 10.6. The molecule has 0 N–H and O–H groups in total. The predicted molar refractivity (Wildman–Crippen MR) is 91.2 cm³/mol. The lowest BCUT2D eigenvalue weighted by Gasteiger charge is -2.57. The Hall–Kier alpha value is -1.55. The van der Waals surface area contributed by atoms with Gasteiger partial charge in [-0.2, -0.15) is 0 Å². The van der Waals surface area contributed by atoms with Crippen molar-refractivity contribution in [3.8, 4) is 0 Å². The molecule has 1 aromatic carbocycles. The third kappa shape index (κ3) is 3.52. The lowest BCUT2D eigenvalue weighted by atomic mass is 9.80. The fraction of sp³-hybridized carbons (Fsp3) is 0.632. The van der Waals surface area contributed by atoms with Gasteiger partial charge in [0.15, 0.2) is 0 Å². The number of nitrogens with zero attached hydrogens (tertiary/aromatic N) is 2. The minimum Gasteiger partial charge on any atom is -0.444 e. The minimum absolute atomic E-state index is 0.119. The van der Waals surface area contributed by atoms with Gasteiger partial charge in [-0.05, 0) is 46.1 Å². The number of carbonyl (C=O) groups excluding carboxylic acids is 1. The first-order valence-corrected chi connectivity index (χ1v) is 8.55. The molecular weight excluding hydrogens is 288 g/mol. The first-order chi connectivity index (χ1) is 10.8. The molecule has 1 amide bonds. The number of piperazine rings is 1. The lowest BCUT2D eigenvalue weighted by Crippen LogP contribution is -2.70. The number of amides is 1. The Morgan fingerprint density at radius 1 is 1.30 bits per heavy atom. The Bertz CT molecular complexity index is 566. The smallest absolute Gasteiger partial charge is 0.410 e. The predicted octanol–water partition coefficient (Wildman–Crippen LogP) is 3.66. The van der Waals surface area contributed by atoms with Crippen molar-refractivity contribution in [2.24, 2.45) is 0 Å². The molecule has 23 heavy (non-hydrogen) atoms. The van der Waals surface area contributed by atoms with E-state index in [9.17, 15) is 4.79 Å². The molecule has 4 rings (SSSR count). The first kappa shape index (κ1) is 16.3. The standard InChI is InChI=1S/C19H28N2O2/c1-18(2,3)23-17(22)21-13-16-10-11-19(21,4)14-20(16)12-15-8-6-5-7-9-15/h5-9,16H,10-14H2,1-4H3/t16-,19?/m0/s1. The maximum absolute atomic E-state index is 12.6.